The minimum Gasteiger partial charge on any atom is -0.493 e. The zero-order valence-corrected chi connectivity index (χ0v) is 18.2. The van der Waals surface area contributed by atoms with E-state index in [4.69, 9.17) is 21.1 Å². The van der Waals surface area contributed by atoms with Crippen LogP contribution in [-0.4, -0.2) is 55.0 Å². The summed E-state index contributed by atoms with van der Waals surface area (Å²) in [4.78, 5) is 17.6. The molecule has 0 unspecified atom stereocenters. The van der Waals surface area contributed by atoms with Gasteiger partial charge >= 0.3 is 0 Å². The van der Waals surface area contributed by atoms with E-state index in [2.05, 4.69) is 4.90 Å². The molecule has 1 amide bonds. The predicted molar refractivity (Wildman–Crippen MR) is 119 cm³/mol. The second-order valence-corrected chi connectivity index (χ2v) is 8.42. The van der Waals surface area contributed by atoms with Gasteiger partial charge in [-0.3, -0.25) is 4.79 Å². The van der Waals surface area contributed by atoms with E-state index >= 15 is 0 Å². The molecule has 2 aromatic carbocycles. The van der Waals surface area contributed by atoms with Crippen molar-refractivity contribution >= 4 is 17.5 Å². The molecule has 0 spiro atoms. The molecule has 160 valence electrons. The zero-order chi connectivity index (χ0) is 20.9. The molecule has 2 aliphatic heterocycles. The molecule has 0 aliphatic carbocycles. The Morgan fingerprint density at radius 2 is 1.77 bits per heavy atom. The van der Waals surface area contributed by atoms with E-state index in [0.29, 0.717) is 34.7 Å². The van der Waals surface area contributed by atoms with E-state index < -0.39 is 0 Å². The highest BCUT2D eigenvalue weighted by atomic mass is 35.5. The first kappa shape index (κ1) is 21.0. The number of rotatable bonds is 6. The first-order valence-corrected chi connectivity index (χ1v) is 11.1. The minimum absolute atomic E-state index is 0.0609. The maximum atomic E-state index is 13.0. The van der Waals surface area contributed by atoms with Gasteiger partial charge in [0.1, 0.15) is 6.61 Å². The molecule has 30 heavy (non-hydrogen) atoms. The Morgan fingerprint density at radius 1 is 1.03 bits per heavy atom. The molecule has 0 N–H and O–H groups in total. The van der Waals surface area contributed by atoms with Crippen molar-refractivity contribution in [2.45, 2.75) is 38.3 Å². The number of piperidine rings is 1. The van der Waals surface area contributed by atoms with E-state index in [1.165, 1.54) is 25.9 Å². The number of halogens is 1. The SMILES string of the molecule is COc1cc(C(=O)N2CCC(N3CCCC3)CC2)ccc1OCc1ccccc1Cl. The number of hydrogen-bond donors (Lipinski definition) is 0. The van der Waals surface area contributed by atoms with Crippen LogP contribution in [0.2, 0.25) is 5.02 Å². The first-order valence-electron chi connectivity index (χ1n) is 10.7. The fraction of sp³-hybridized carbons (Fsp3) is 0.458. The smallest absolute Gasteiger partial charge is 0.253 e. The normalized spacial score (nSPS) is 17.9. The average molecular weight is 429 g/mol. The Balaban J connectivity index is 1.38. The summed E-state index contributed by atoms with van der Waals surface area (Å²) in [5.41, 5.74) is 1.54. The Labute approximate surface area is 183 Å². The van der Waals surface area contributed by atoms with Crippen LogP contribution in [-0.2, 0) is 6.61 Å². The highest BCUT2D eigenvalue weighted by molar-refractivity contribution is 6.31. The monoisotopic (exact) mass is 428 g/mol. The highest BCUT2D eigenvalue weighted by Gasteiger charge is 2.29. The van der Waals surface area contributed by atoms with Crippen LogP contribution in [0.15, 0.2) is 42.5 Å². The summed E-state index contributed by atoms with van der Waals surface area (Å²) in [5.74, 6) is 1.22. The molecule has 2 aliphatic rings. The minimum atomic E-state index is 0.0609. The summed E-state index contributed by atoms with van der Waals surface area (Å²) in [5, 5.41) is 0.667. The van der Waals surface area contributed by atoms with Crippen LogP contribution in [0.3, 0.4) is 0 Å². The molecule has 2 heterocycles. The molecule has 0 bridgehead atoms. The molecule has 2 aromatic rings. The van der Waals surface area contributed by atoms with E-state index in [0.717, 1.165) is 31.5 Å². The number of benzene rings is 2. The van der Waals surface area contributed by atoms with Gasteiger partial charge < -0.3 is 19.3 Å². The van der Waals surface area contributed by atoms with Gasteiger partial charge in [-0.2, -0.15) is 0 Å². The predicted octanol–water partition coefficient (Wildman–Crippen LogP) is 4.63. The third-order valence-electron chi connectivity index (χ3n) is 6.16. The number of methoxy groups -OCH3 is 1. The molecule has 2 saturated heterocycles. The van der Waals surface area contributed by atoms with Gasteiger partial charge in [0.25, 0.3) is 5.91 Å². The van der Waals surface area contributed by atoms with Crippen molar-refractivity contribution in [3.8, 4) is 11.5 Å². The van der Waals surface area contributed by atoms with Gasteiger partial charge in [0.2, 0.25) is 0 Å². The molecule has 4 rings (SSSR count). The molecular formula is C24H29ClN2O3. The van der Waals surface area contributed by atoms with Crippen LogP contribution in [0.1, 0.15) is 41.6 Å². The van der Waals surface area contributed by atoms with Crippen LogP contribution in [0.4, 0.5) is 0 Å². The van der Waals surface area contributed by atoms with Gasteiger partial charge in [-0.1, -0.05) is 29.8 Å². The van der Waals surface area contributed by atoms with Crippen LogP contribution in [0, 0.1) is 0 Å². The number of hydrogen-bond acceptors (Lipinski definition) is 4. The highest BCUT2D eigenvalue weighted by Crippen LogP contribution is 2.31. The van der Waals surface area contributed by atoms with Gasteiger partial charge in [-0.25, -0.2) is 0 Å². The summed E-state index contributed by atoms with van der Waals surface area (Å²) >= 11 is 6.20. The third kappa shape index (κ3) is 4.73. The lowest BCUT2D eigenvalue weighted by atomic mass is 10.0. The van der Waals surface area contributed by atoms with Crippen LogP contribution >= 0.6 is 11.6 Å². The van der Waals surface area contributed by atoms with E-state index in [-0.39, 0.29) is 5.91 Å². The average Bonchev–Trinajstić information content (AvgIpc) is 3.33. The van der Waals surface area contributed by atoms with Crippen molar-refractivity contribution in [3.05, 3.63) is 58.6 Å². The lowest BCUT2D eigenvalue weighted by Crippen LogP contribution is -2.45. The lowest BCUT2D eigenvalue weighted by molar-refractivity contribution is 0.0644. The van der Waals surface area contributed by atoms with Crippen molar-refractivity contribution in [2.75, 3.05) is 33.3 Å². The number of ether oxygens (including phenoxy) is 2. The van der Waals surface area contributed by atoms with E-state index in [1.54, 1.807) is 19.2 Å². The summed E-state index contributed by atoms with van der Waals surface area (Å²) < 4.78 is 11.4. The topological polar surface area (TPSA) is 42.0 Å². The molecule has 0 radical (unpaired) electrons. The zero-order valence-electron chi connectivity index (χ0n) is 17.5. The van der Waals surface area contributed by atoms with Crippen molar-refractivity contribution in [2.24, 2.45) is 0 Å². The van der Waals surface area contributed by atoms with Gasteiger partial charge in [0.15, 0.2) is 11.5 Å². The first-order chi connectivity index (χ1) is 14.7. The number of carbonyl (C=O) groups is 1. The van der Waals surface area contributed by atoms with Gasteiger partial charge in [-0.15, -0.1) is 0 Å². The second kappa shape index (κ2) is 9.71. The molecule has 6 heteroatoms. The molecule has 0 aromatic heterocycles. The van der Waals surface area contributed by atoms with Crippen molar-refractivity contribution in [1.82, 2.24) is 9.80 Å². The number of likely N-dealkylation sites (tertiary alicyclic amines) is 2. The van der Waals surface area contributed by atoms with Crippen molar-refractivity contribution in [1.29, 1.82) is 0 Å². The Bertz CT molecular complexity index is 875. The summed E-state index contributed by atoms with van der Waals surface area (Å²) in [7, 11) is 1.59. The van der Waals surface area contributed by atoms with Crippen LogP contribution in [0.5, 0.6) is 11.5 Å². The molecule has 0 atom stereocenters. The second-order valence-electron chi connectivity index (χ2n) is 8.01. The Morgan fingerprint density at radius 3 is 2.47 bits per heavy atom. The standard InChI is InChI=1S/C24H29ClN2O3/c1-29-23-16-18(8-9-22(23)30-17-19-6-2-3-7-21(19)25)24(28)27-14-10-20(11-15-27)26-12-4-5-13-26/h2-3,6-9,16,20H,4-5,10-15,17H2,1H3. The lowest BCUT2D eigenvalue weighted by Gasteiger charge is -2.36. The Kier molecular flexibility index (Phi) is 6.80. The summed E-state index contributed by atoms with van der Waals surface area (Å²) in [6.45, 7) is 4.39. The number of nitrogens with zero attached hydrogens (tertiary/aromatic N) is 2. The van der Waals surface area contributed by atoms with Gasteiger partial charge in [0.05, 0.1) is 7.11 Å². The number of carbonyl (C=O) groups excluding carboxylic acids is 1. The molecule has 2 fully saturated rings. The van der Waals surface area contributed by atoms with E-state index in [9.17, 15) is 4.79 Å². The molecular weight excluding hydrogens is 400 g/mol. The molecule has 0 saturated carbocycles. The fourth-order valence-corrected chi connectivity index (χ4v) is 4.60. The quantitative estimate of drug-likeness (QED) is 0.672. The summed E-state index contributed by atoms with van der Waals surface area (Å²) in [6, 6.07) is 13.6. The van der Waals surface area contributed by atoms with E-state index in [1.807, 2.05) is 35.2 Å². The van der Waals surface area contributed by atoms with Crippen molar-refractivity contribution in [3.63, 3.8) is 0 Å². The number of amides is 1. The van der Waals surface area contributed by atoms with Crippen LogP contribution < -0.4 is 9.47 Å². The van der Waals surface area contributed by atoms with Gasteiger partial charge in [0, 0.05) is 35.3 Å². The van der Waals surface area contributed by atoms with Crippen molar-refractivity contribution < 1.29 is 14.3 Å². The largest absolute Gasteiger partial charge is 0.493 e. The Hall–Kier alpha value is -2.24. The maximum absolute atomic E-state index is 13.0. The molecule has 5 nitrogen and oxygen atoms in total. The van der Waals surface area contributed by atoms with Crippen LogP contribution in [0.25, 0.3) is 0 Å². The van der Waals surface area contributed by atoms with Gasteiger partial charge in [-0.05, 0) is 63.0 Å². The maximum Gasteiger partial charge on any atom is 0.253 e. The fourth-order valence-electron chi connectivity index (χ4n) is 4.41. The summed E-state index contributed by atoms with van der Waals surface area (Å²) in [6.07, 6.45) is 4.73. The third-order valence-corrected chi connectivity index (χ3v) is 6.53.